The highest BCUT2D eigenvalue weighted by molar-refractivity contribution is 5.92. The third-order valence-corrected chi connectivity index (χ3v) is 4.67. The number of carbonyl (C=O) groups excluding carboxylic acids is 2. The second-order valence-electron chi connectivity index (χ2n) is 6.62. The van der Waals surface area contributed by atoms with Crippen molar-refractivity contribution in [2.75, 3.05) is 20.1 Å². The van der Waals surface area contributed by atoms with Crippen LogP contribution in [0.4, 0.5) is 0 Å². The van der Waals surface area contributed by atoms with Crippen molar-refractivity contribution in [3.63, 3.8) is 0 Å². The van der Waals surface area contributed by atoms with Gasteiger partial charge in [-0.05, 0) is 32.1 Å². The minimum atomic E-state index is -1.01. The Morgan fingerprint density at radius 3 is 3.00 bits per heavy atom. The molecule has 1 saturated heterocycles. The molecule has 0 unspecified atom stereocenters. The van der Waals surface area contributed by atoms with Gasteiger partial charge >= 0.3 is 0 Å². The van der Waals surface area contributed by atoms with Gasteiger partial charge in [0.1, 0.15) is 5.76 Å². The average Bonchev–Trinajstić information content (AvgIpc) is 3.29. The fourth-order valence-electron chi connectivity index (χ4n) is 3.07. The fourth-order valence-corrected chi connectivity index (χ4v) is 3.07. The first kappa shape index (κ1) is 16.0. The lowest BCUT2D eigenvalue weighted by Gasteiger charge is -2.38. The molecule has 3 rings (SSSR count). The molecule has 1 aliphatic carbocycles. The molecule has 1 aliphatic heterocycles. The number of amides is 2. The summed E-state index contributed by atoms with van der Waals surface area (Å²) in [5.74, 6) is 0.876. The molecule has 0 spiro atoms. The summed E-state index contributed by atoms with van der Waals surface area (Å²) in [5, 5.41) is 17.1. The highest BCUT2D eigenvalue weighted by Crippen LogP contribution is 2.40. The van der Waals surface area contributed by atoms with Gasteiger partial charge in [-0.2, -0.15) is 0 Å². The van der Waals surface area contributed by atoms with E-state index in [4.69, 9.17) is 4.52 Å². The number of nitrogens with one attached hydrogen (secondary N) is 1. The molecule has 7 nitrogen and oxygen atoms in total. The topological polar surface area (TPSA) is 95.7 Å². The van der Waals surface area contributed by atoms with Crippen LogP contribution in [0, 0.1) is 0 Å². The van der Waals surface area contributed by atoms with E-state index in [0.717, 1.165) is 18.6 Å². The summed E-state index contributed by atoms with van der Waals surface area (Å²) in [5.41, 5.74) is -0.703. The number of nitrogens with zero attached hydrogens (tertiary/aromatic N) is 2. The molecule has 1 aromatic heterocycles. The van der Waals surface area contributed by atoms with E-state index in [1.807, 2.05) is 0 Å². The van der Waals surface area contributed by atoms with Gasteiger partial charge in [0.25, 0.3) is 5.91 Å². The zero-order valence-corrected chi connectivity index (χ0v) is 13.4. The molecule has 2 aliphatic rings. The van der Waals surface area contributed by atoms with Crippen LogP contribution in [0.2, 0.25) is 0 Å². The Balaban J connectivity index is 1.62. The van der Waals surface area contributed by atoms with Gasteiger partial charge < -0.3 is 19.8 Å². The van der Waals surface area contributed by atoms with Crippen LogP contribution in [-0.2, 0) is 4.79 Å². The number of hydrogen-bond donors (Lipinski definition) is 2. The normalized spacial score (nSPS) is 24.5. The molecule has 2 fully saturated rings. The van der Waals surface area contributed by atoms with Crippen LogP contribution in [0.15, 0.2) is 10.6 Å². The van der Waals surface area contributed by atoms with Crippen LogP contribution in [-0.4, -0.2) is 52.7 Å². The first-order valence-corrected chi connectivity index (χ1v) is 8.19. The van der Waals surface area contributed by atoms with E-state index in [1.165, 1.54) is 0 Å². The molecule has 126 valence electrons. The SMILES string of the molecule is CNC(=O)CC[C@]1(O)CCCN(C(=O)c2cc(C3CC3)on2)C1. The maximum Gasteiger partial charge on any atom is 0.276 e. The Morgan fingerprint density at radius 1 is 1.52 bits per heavy atom. The van der Waals surface area contributed by atoms with Gasteiger partial charge in [-0.1, -0.05) is 5.16 Å². The summed E-state index contributed by atoms with van der Waals surface area (Å²) < 4.78 is 5.23. The van der Waals surface area contributed by atoms with E-state index < -0.39 is 5.60 Å². The van der Waals surface area contributed by atoms with Crippen LogP contribution in [0.3, 0.4) is 0 Å². The number of hydrogen-bond acceptors (Lipinski definition) is 5. The molecule has 1 aromatic rings. The van der Waals surface area contributed by atoms with E-state index in [-0.39, 0.29) is 24.8 Å². The molecule has 1 saturated carbocycles. The minimum absolute atomic E-state index is 0.104. The maximum atomic E-state index is 12.6. The summed E-state index contributed by atoms with van der Waals surface area (Å²) in [4.78, 5) is 25.5. The molecule has 0 bridgehead atoms. The lowest BCUT2D eigenvalue weighted by molar-refractivity contribution is -0.122. The number of β-amino-alcohol motifs (C(OH)–C–C–N with tert-alkyl or cyclic N) is 1. The molecular formula is C16H23N3O4. The summed E-state index contributed by atoms with van der Waals surface area (Å²) in [6.45, 7) is 0.821. The lowest BCUT2D eigenvalue weighted by Crippen LogP contribution is -2.50. The predicted octanol–water partition coefficient (Wildman–Crippen LogP) is 1.05. The van der Waals surface area contributed by atoms with Crippen molar-refractivity contribution in [2.24, 2.45) is 0 Å². The van der Waals surface area contributed by atoms with Crippen molar-refractivity contribution in [3.05, 3.63) is 17.5 Å². The van der Waals surface area contributed by atoms with Crippen LogP contribution >= 0.6 is 0 Å². The summed E-state index contributed by atoms with van der Waals surface area (Å²) in [6, 6.07) is 1.72. The van der Waals surface area contributed by atoms with Gasteiger partial charge in [0, 0.05) is 38.5 Å². The predicted molar refractivity (Wildman–Crippen MR) is 81.9 cm³/mol. The van der Waals surface area contributed by atoms with Crippen LogP contribution < -0.4 is 5.32 Å². The second-order valence-corrected chi connectivity index (χ2v) is 6.62. The first-order valence-electron chi connectivity index (χ1n) is 8.19. The third kappa shape index (κ3) is 3.72. The van der Waals surface area contributed by atoms with Gasteiger partial charge in [-0.25, -0.2) is 0 Å². The standard InChI is InChI=1S/C16H23N3O4/c1-17-14(20)5-7-16(22)6-2-8-19(10-16)15(21)12-9-13(23-18-12)11-3-4-11/h9,11,22H,2-8,10H2,1H3,(H,17,20)/t16-/m1/s1. The number of piperidine rings is 1. The molecule has 7 heteroatoms. The zero-order chi connectivity index (χ0) is 16.4. The Hall–Kier alpha value is -1.89. The fraction of sp³-hybridized carbons (Fsp3) is 0.688. The van der Waals surface area contributed by atoms with Crippen LogP contribution in [0.1, 0.15) is 60.7 Å². The Bertz CT molecular complexity index is 596. The number of carbonyl (C=O) groups is 2. The van der Waals surface area contributed by atoms with Gasteiger partial charge in [0.15, 0.2) is 5.69 Å². The smallest absolute Gasteiger partial charge is 0.276 e. The van der Waals surface area contributed by atoms with Gasteiger partial charge in [-0.15, -0.1) is 0 Å². The number of rotatable bonds is 5. The molecule has 1 atom stereocenters. The van der Waals surface area contributed by atoms with Crippen molar-refractivity contribution < 1.29 is 19.2 Å². The molecule has 2 N–H and O–H groups in total. The largest absolute Gasteiger partial charge is 0.388 e. The van der Waals surface area contributed by atoms with Crippen LogP contribution in [0.25, 0.3) is 0 Å². The van der Waals surface area contributed by atoms with E-state index in [9.17, 15) is 14.7 Å². The van der Waals surface area contributed by atoms with Gasteiger partial charge in [0.2, 0.25) is 5.91 Å². The van der Waals surface area contributed by atoms with E-state index >= 15 is 0 Å². The Morgan fingerprint density at radius 2 is 2.30 bits per heavy atom. The number of aliphatic hydroxyl groups is 1. The summed E-state index contributed by atoms with van der Waals surface area (Å²) in [7, 11) is 1.57. The molecular weight excluding hydrogens is 298 g/mol. The van der Waals surface area contributed by atoms with Crippen molar-refractivity contribution in [1.82, 2.24) is 15.4 Å². The highest BCUT2D eigenvalue weighted by atomic mass is 16.5. The molecule has 0 radical (unpaired) electrons. The Kier molecular flexibility index (Phi) is 4.39. The van der Waals surface area contributed by atoms with E-state index in [2.05, 4.69) is 10.5 Å². The average molecular weight is 321 g/mol. The quantitative estimate of drug-likeness (QED) is 0.845. The molecule has 23 heavy (non-hydrogen) atoms. The van der Waals surface area contributed by atoms with Gasteiger partial charge in [-0.3, -0.25) is 9.59 Å². The van der Waals surface area contributed by atoms with Crippen LogP contribution in [0.5, 0.6) is 0 Å². The van der Waals surface area contributed by atoms with Crippen molar-refractivity contribution in [1.29, 1.82) is 0 Å². The Labute approximate surface area is 135 Å². The highest BCUT2D eigenvalue weighted by Gasteiger charge is 2.37. The van der Waals surface area contributed by atoms with E-state index in [1.54, 1.807) is 18.0 Å². The lowest BCUT2D eigenvalue weighted by atomic mass is 9.88. The summed E-state index contributed by atoms with van der Waals surface area (Å²) >= 11 is 0. The van der Waals surface area contributed by atoms with Gasteiger partial charge in [0.05, 0.1) is 5.60 Å². The zero-order valence-electron chi connectivity index (χ0n) is 13.4. The monoisotopic (exact) mass is 321 g/mol. The maximum absolute atomic E-state index is 12.6. The van der Waals surface area contributed by atoms with Crippen molar-refractivity contribution in [2.45, 2.75) is 50.0 Å². The third-order valence-electron chi connectivity index (χ3n) is 4.67. The molecule has 0 aromatic carbocycles. The second kappa shape index (κ2) is 6.31. The minimum Gasteiger partial charge on any atom is -0.388 e. The summed E-state index contributed by atoms with van der Waals surface area (Å²) in [6.07, 6.45) is 4.09. The van der Waals surface area contributed by atoms with Crippen molar-refractivity contribution >= 4 is 11.8 Å². The van der Waals surface area contributed by atoms with Crippen molar-refractivity contribution in [3.8, 4) is 0 Å². The van der Waals surface area contributed by atoms with E-state index in [0.29, 0.717) is 37.4 Å². The number of likely N-dealkylation sites (tertiary alicyclic amines) is 1. The molecule has 2 amide bonds. The number of aromatic nitrogens is 1. The molecule has 2 heterocycles. The first-order chi connectivity index (χ1) is 11.0.